The quantitative estimate of drug-likeness (QED) is 0.0704. The molecule has 2 aromatic heterocycles. The Labute approximate surface area is 287 Å². The first kappa shape index (κ1) is 36.8. The first-order valence-electron chi connectivity index (χ1n) is 14.5. The molecule has 2 atom stereocenters. The summed E-state index contributed by atoms with van der Waals surface area (Å²) < 4.78 is 5.60. The zero-order valence-electron chi connectivity index (χ0n) is 27.4. The van der Waals surface area contributed by atoms with Gasteiger partial charge in [-0.25, -0.2) is 9.59 Å². The summed E-state index contributed by atoms with van der Waals surface area (Å²) >= 11 is 1.99. The summed E-state index contributed by atoms with van der Waals surface area (Å²) in [5.41, 5.74) is 2.90. The molecule has 0 aliphatic carbocycles. The number of hydrogen-bond donors (Lipinski definition) is 5. The number of carbonyl (C=O) groups is 5. The molecule has 4 heterocycles. The van der Waals surface area contributed by atoms with E-state index >= 15 is 0 Å². The number of amides is 3. The summed E-state index contributed by atoms with van der Waals surface area (Å²) in [7, 11) is 6.72. The molecule has 3 amide bonds. The minimum Gasteiger partial charge on any atom is -0.503 e. The number of pyridine rings is 1. The van der Waals surface area contributed by atoms with Crippen LogP contribution >= 0.6 is 23.3 Å². The lowest BCUT2D eigenvalue weighted by Gasteiger charge is -2.49. The van der Waals surface area contributed by atoms with E-state index in [0.717, 1.165) is 22.5 Å². The molecule has 4 rings (SSSR count). The number of oxime groups is 1. The van der Waals surface area contributed by atoms with Gasteiger partial charge in [-0.1, -0.05) is 5.16 Å². The van der Waals surface area contributed by atoms with Crippen LogP contribution in [0.2, 0.25) is 0 Å². The Kier molecular flexibility index (Phi) is 10.4. The van der Waals surface area contributed by atoms with E-state index in [1.807, 2.05) is 14.1 Å². The van der Waals surface area contributed by atoms with Crippen molar-refractivity contribution in [2.75, 3.05) is 52.8 Å². The van der Waals surface area contributed by atoms with Crippen molar-refractivity contribution in [2.45, 2.75) is 37.4 Å². The summed E-state index contributed by atoms with van der Waals surface area (Å²) in [4.78, 5) is 86.8. The van der Waals surface area contributed by atoms with Crippen LogP contribution in [0.4, 0.5) is 5.13 Å². The van der Waals surface area contributed by atoms with Gasteiger partial charge >= 0.3 is 11.9 Å². The van der Waals surface area contributed by atoms with Crippen LogP contribution in [0.1, 0.15) is 30.2 Å². The van der Waals surface area contributed by atoms with Crippen LogP contribution in [0.3, 0.4) is 0 Å². The largest absolute Gasteiger partial charge is 0.503 e. The molecule has 2 aliphatic rings. The monoisotopic (exact) mass is 722 g/mol. The van der Waals surface area contributed by atoms with Crippen LogP contribution in [0, 0.1) is 0 Å². The average Bonchev–Trinajstić information content (AvgIpc) is 3.44. The number of nitrogens with zero attached hydrogens (tertiary/aromatic N) is 7. The van der Waals surface area contributed by atoms with Crippen molar-refractivity contribution in [1.82, 2.24) is 29.0 Å². The van der Waals surface area contributed by atoms with E-state index in [2.05, 4.69) is 19.8 Å². The predicted octanol–water partition coefficient (Wildman–Crippen LogP) is -1.21. The van der Waals surface area contributed by atoms with Crippen LogP contribution in [-0.4, -0.2) is 143 Å². The summed E-state index contributed by atoms with van der Waals surface area (Å²) in [6.45, 7) is 3.13. The number of nitrogens with one attached hydrogen (secondary N) is 1. The van der Waals surface area contributed by atoms with E-state index in [1.54, 1.807) is 0 Å². The van der Waals surface area contributed by atoms with E-state index in [4.69, 9.17) is 10.6 Å². The first-order valence-corrected chi connectivity index (χ1v) is 16.3. The van der Waals surface area contributed by atoms with Crippen LogP contribution < -0.4 is 16.5 Å². The molecule has 0 unspecified atom stereocenters. The third-order valence-corrected chi connectivity index (χ3v) is 9.47. The van der Waals surface area contributed by atoms with Gasteiger partial charge in [-0.15, -0.1) is 11.8 Å². The van der Waals surface area contributed by atoms with Crippen molar-refractivity contribution in [3.8, 4) is 5.75 Å². The molecule has 19 nitrogen and oxygen atoms in total. The number of likely N-dealkylation sites (N-methyl/N-ethyl adjacent to an activating group) is 1. The molecule has 0 aromatic carbocycles. The van der Waals surface area contributed by atoms with Crippen LogP contribution in [0.15, 0.2) is 33.5 Å². The summed E-state index contributed by atoms with van der Waals surface area (Å²) in [5, 5.41) is 34.9. The fourth-order valence-corrected chi connectivity index (χ4v) is 6.63. The van der Waals surface area contributed by atoms with Gasteiger partial charge in [-0.2, -0.15) is 9.36 Å². The van der Waals surface area contributed by atoms with Crippen molar-refractivity contribution < 1.29 is 48.6 Å². The second kappa shape index (κ2) is 13.8. The number of rotatable bonds is 13. The van der Waals surface area contributed by atoms with Gasteiger partial charge < -0.3 is 45.2 Å². The van der Waals surface area contributed by atoms with Gasteiger partial charge in [-0.05, 0) is 13.8 Å². The molecule has 0 spiro atoms. The van der Waals surface area contributed by atoms with E-state index in [9.17, 15) is 44.1 Å². The highest BCUT2D eigenvalue weighted by Gasteiger charge is 2.55. The Morgan fingerprint density at radius 2 is 1.90 bits per heavy atom. The lowest BCUT2D eigenvalue weighted by atomic mass is 10.0. The molecule has 264 valence electrons. The minimum atomic E-state index is -1.83. The Hall–Kier alpha value is -5.02. The number of hydrogen-bond acceptors (Lipinski definition) is 14. The molecule has 0 saturated carbocycles. The highest BCUT2D eigenvalue weighted by atomic mass is 32.2. The molecule has 6 N–H and O–H groups in total. The molecular formula is C28H36N9O10S2+. The number of nitrogen functional groups attached to an aromatic ring is 1. The fourth-order valence-electron chi connectivity index (χ4n) is 4.86. The smallest absolute Gasteiger partial charge is 0.352 e. The minimum absolute atomic E-state index is 0.00795. The maximum Gasteiger partial charge on any atom is 0.352 e. The zero-order valence-corrected chi connectivity index (χ0v) is 29.0. The lowest BCUT2D eigenvalue weighted by molar-refractivity contribution is -0.886. The van der Waals surface area contributed by atoms with Crippen LogP contribution in [0.5, 0.6) is 5.75 Å². The first-order chi connectivity index (χ1) is 22.7. The predicted molar refractivity (Wildman–Crippen MR) is 176 cm³/mol. The maximum atomic E-state index is 13.4. The number of aliphatic carboxylic acids is 2. The number of anilines is 1. The van der Waals surface area contributed by atoms with Gasteiger partial charge in [-0.3, -0.25) is 24.1 Å². The Bertz CT molecular complexity index is 1830. The van der Waals surface area contributed by atoms with Gasteiger partial charge in [0, 0.05) is 43.0 Å². The number of nitrogens with two attached hydrogens (primary N) is 1. The van der Waals surface area contributed by atoms with Gasteiger partial charge in [0.05, 0.1) is 33.4 Å². The number of thioether (sulfide) groups is 1. The molecule has 21 heteroatoms. The summed E-state index contributed by atoms with van der Waals surface area (Å²) in [6.07, 6.45) is 1.18. The highest BCUT2D eigenvalue weighted by molar-refractivity contribution is 8.00. The lowest BCUT2D eigenvalue weighted by Crippen LogP contribution is -2.71. The van der Waals surface area contributed by atoms with Crippen LogP contribution in [0.25, 0.3) is 0 Å². The second-order valence-electron chi connectivity index (χ2n) is 12.5. The number of aromatic hydroxyl groups is 1. The van der Waals surface area contributed by atoms with Crippen molar-refractivity contribution in [3.05, 3.63) is 45.3 Å². The Balaban J connectivity index is 1.52. The molecule has 0 radical (unpaired) electrons. The number of β-lactam (4-membered cyclic amide) rings is 1. The number of carboxylic acid groups (broad SMARTS) is 2. The zero-order chi connectivity index (χ0) is 36.6. The van der Waals surface area contributed by atoms with E-state index in [-0.39, 0.29) is 45.7 Å². The van der Waals surface area contributed by atoms with Gasteiger partial charge in [0.15, 0.2) is 10.9 Å². The van der Waals surface area contributed by atoms with Crippen LogP contribution in [-0.2, 0) is 30.6 Å². The molecule has 0 bridgehead atoms. The van der Waals surface area contributed by atoms with E-state index < -0.39 is 63.6 Å². The van der Waals surface area contributed by atoms with Gasteiger partial charge in [0.2, 0.25) is 22.6 Å². The second-order valence-corrected chi connectivity index (χ2v) is 14.4. The molecule has 1 fully saturated rings. The van der Waals surface area contributed by atoms with Gasteiger partial charge in [0.25, 0.3) is 17.7 Å². The van der Waals surface area contributed by atoms with Crippen molar-refractivity contribution >= 4 is 63.8 Å². The normalized spacial score (nSPS) is 18.0. The number of quaternary nitrogens is 1. The summed E-state index contributed by atoms with van der Waals surface area (Å²) in [6, 6.07) is -0.0994. The topological polar surface area (TPSA) is 260 Å². The Morgan fingerprint density at radius 1 is 1.22 bits per heavy atom. The van der Waals surface area contributed by atoms with Crippen molar-refractivity contribution in [2.24, 2.45) is 5.16 Å². The molecular weight excluding hydrogens is 686 g/mol. The van der Waals surface area contributed by atoms with Crippen molar-refractivity contribution in [3.63, 3.8) is 0 Å². The molecule has 1 saturated heterocycles. The third-order valence-electron chi connectivity index (χ3n) is 7.58. The molecule has 49 heavy (non-hydrogen) atoms. The standard InChI is InChI=1S/C28H35N9O10S2/c1-28(2,26(45)46)47-32-17(20-31-27(29)49-33-20)21(40)30-18-23(42)36-19(25(43)44)13(12-48-24(18)36)11-37(5,6)8-7-35-10-16(39)15(38)9-14(35)22(41)34(3)4/h9-10,18,24H,7-8,11-12H2,1-6H3,(H5-,29,30,31,33,39,40,43,44,45,46)/p+1/t18-,24+/m1/s1. The number of carboxylic acids is 2. The molecule has 2 aliphatic heterocycles. The van der Waals surface area contributed by atoms with Crippen molar-refractivity contribution in [1.29, 1.82) is 0 Å². The number of aromatic nitrogens is 3. The average molecular weight is 723 g/mol. The van der Waals surface area contributed by atoms with E-state index in [1.165, 1.54) is 55.4 Å². The molecule has 2 aromatic rings. The summed E-state index contributed by atoms with van der Waals surface area (Å²) in [5.74, 6) is -5.38. The maximum absolute atomic E-state index is 13.4. The Morgan fingerprint density at radius 3 is 2.47 bits per heavy atom. The third kappa shape index (κ3) is 7.84. The van der Waals surface area contributed by atoms with Gasteiger partial charge in [0.1, 0.15) is 29.4 Å². The number of carbonyl (C=O) groups excluding carboxylic acids is 3. The number of fused-ring (bicyclic) bond motifs is 1. The SMILES string of the molecule is CN(C)C(=O)c1cc(=O)c(O)cn1CC[N+](C)(C)CC1=C(C(=O)O)N2C(=O)[C@@H](NC(=O)C(=NOC(C)(C)C(=O)O)c3nsc(N)n3)[C@@H]2SC1. The van der Waals surface area contributed by atoms with E-state index in [0.29, 0.717) is 12.1 Å². The highest BCUT2D eigenvalue weighted by Crippen LogP contribution is 2.41. The fraction of sp³-hybridized carbons (Fsp3) is 0.464.